The number of nitriles is 1. The van der Waals surface area contributed by atoms with Gasteiger partial charge in [-0.1, -0.05) is 41.4 Å². The zero-order valence-corrected chi connectivity index (χ0v) is 22.4. The molecule has 0 bridgehead atoms. The van der Waals surface area contributed by atoms with Crippen LogP contribution in [0.1, 0.15) is 24.0 Å². The predicted octanol–water partition coefficient (Wildman–Crippen LogP) is 4.05. The molecule has 2 heterocycles. The summed E-state index contributed by atoms with van der Waals surface area (Å²) in [5.74, 6) is 0.364. The number of amides is 2. The highest BCUT2D eigenvalue weighted by atomic mass is 35.5. The van der Waals surface area contributed by atoms with Gasteiger partial charge in [0.1, 0.15) is 17.9 Å². The number of hydrogen-bond acceptors (Lipinski definition) is 5. The Hall–Kier alpha value is -2.51. The summed E-state index contributed by atoms with van der Waals surface area (Å²) < 4.78 is 31.3. The second-order valence-electron chi connectivity index (χ2n) is 9.21. The molecular weight excluding hydrogens is 523 g/mol. The monoisotopic (exact) mass is 550 g/mol. The van der Waals surface area contributed by atoms with Crippen LogP contribution in [0.25, 0.3) is 0 Å². The first-order chi connectivity index (χ1) is 17.1. The van der Waals surface area contributed by atoms with E-state index in [4.69, 9.17) is 27.9 Å². The molecule has 2 fully saturated rings. The summed E-state index contributed by atoms with van der Waals surface area (Å²) >= 11 is 12.5. The maximum Gasteiger partial charge on any atom is 0.320 e. The van der Waals surface area contributed by atoms with Gasteiger partial charge in [-0.3, -0.25) is 0 Å². The Balaban J connectivity index is 1.55. The molecule has 3 unspecified atom stereocenters. The summed E-state index contributed by atoms with van der Waals surface area (Å²) in [5, 5.41) is 10.4. The van der Waals surface area contributed by atoms with Gasteiger partial charge in [0, 0.05) is 51.1 Å². The van der Waals surface area contributed by atoms with E-state index in [0.717, 1.165) is 5.56 Å². The number of piperazine rings is 1. The third-order valence-electron chi connectivity index (χ3n) is 6.91. The van der Waals surface area contributed by atoms with E-state index < -0.39 is 10.0 Å². The Morgan fingerprint density at radius 1 is 1.06 bits per heavy atom. The Morgan fingerprint density at radius 3 is 2.39 bits per heavy atom. The minimum absolute atomic E-state index is 0.0646. The molecule has 3 atom stereocenters. The molecule has 4 rings (SSSR count). The normalized spacial score (nSPS) is 21.8. The number of para-hydroxylation sites is 1. The topological polar surface area (TPSA) is 93.9 Å². The fraction of sp³-hybridized carbons (Fsp3) is 0.440. The molecule has 36 heavy (non-hydrogen) atoms. The highest BCUT2D eigenvalue weighted by Crippen LogP contribution is 2.39. The zero-order chi connectivity index (χ0) is 26.0. The van der Waals surface area contributed by atoms with E-state index in [-0.39, 0.29) is 37.1 Å². The lowest BCUT2D eigenvalue weighted by Gasteiger charge is -2.35. The Morgan fingerprint density at radius 2 is 1.75 bits per heavy atom. The molecule has 0 N–H and O–H groups in total. The number of carbonyl (C=O) groups is 1. The largest absolute Gasteiger partial charge is 0.489 e. The summed E-state index contributed by atoms with van der Waals surface area (Å²) in [6.45, 7) is 4.10. The number of sulfonamides is 1. The molecule has 0 radical (unpaired) electrons. The van der Waals surface area contributed by atoms with Gasteiger partial charge >= 0.3 is 6.03 Å². The van der Waals surface area contributed by atoms with E-state index in [1.165, 1.54) is 10.6 Å². The van der Waals surface area contributed by atoms with Crippen LogP contribution in [0.4, 0.5) is 4.79 Å². The second-order valence-corrected chi connectivity index (χ2v) is 12.0. The highest BCUT2D eigenvalue weighted by Gasteiger charge is 2.42. The zero-order valence-electron chi connectivity index (χ0n) is 20.1. The van der Waals surface area contributed by atoms with Crippen LogP contribution < -0.4 is 4.74 Å². The minimum Gasteiger partial charge on any atom is -0.489 e. The van der Waals surface area contributed by atoms with Gasteiger partial charge in [0.25, 0.3) is 0 Å². The lowest BCUT2D eigenvalue weighted by atomic mass is 9.85. The number of rotatable bonds is 5. The van der Waals surface area contributed by atoms with Crippen molar-refractivity contribution in [2.75, 3.05) is 45.5 Å². The highest BCUT2D eigenvalue weighted by molar-refractivity contribution is 7.88. The first-order valence-electron chi connectivity index (χ1n) is 11.7. The number of halogens is 2. The summed E-state index contributed by atoms with van der Waals surface area (Å²) in [6.07, 6.45) is 0.877. The maximum atomic E-state index is 13.4. The summed E-state index contributed by atoms with van der Waals surface area (Å²) in [6, 6.07) is 14.6. The van der Waals surface area contributed by atoms with Crippen molar-refractivity contribution in [1.29, 1.82) is 5.26 Å². The van der Waals surface area contributed by atoms with Crippen LogP contribution in [-0.2, 0) is 10.0 Å². The standard InChI is InChI=1S/C25H28Cl2N4O4S/c1-17(35-24-6-4-3-5-19(24)14-28)20-15-30(16-21(20)18-7-8-22(26)23(27)13-18)25(32)29-9-11-31(12-10-29)36(2,33)34/h3-8,13,17,20-21H,9-12,15-16H2,1-2H3. The molecule has 2 aromatic rings. The van der Waals surface area contributed by atoms with Gasteiger partial charge in [-0.05, 0) is 36.8 Å². The fourth-order valence-electron chi connectivity index (χ4n) is 4.92. The molecule has 2 saturated heterocycles. The van der Waals surface area contributed by atoms with Crippen molar-refractivity contribution in [3.05, 3.63) is 63.6 Å². The van der Waals surface area contributed by atoms with E-state index >= 15 is 0 Å². The predicted molar refractivity (Wildman–Crippen MR) is 139 cm³/mol. The third-order valence-corrected chi connectivity index (χ3v) is 8.95. The van der Waals surface area contributed by atoms with E-state index in [2.05, 4.69) is 6.07 Å². The molecule has 8 nitrogen and oxygen atoms in total. The Kier molecular flexibility index (Phi) is 8.00. The Bertz CT molecular complexity index is 1280. The van der Waals surface area contributed by atoms with Crippen molar-refractivity contribution >= 4 is 39.3 Å². The molecule has 0 spiro atoms. The first-order valence-corrected chi connectivity index (χ1v) is 14.3. The Labute approximate surface area is 222 Å². The van der Waals surface area contributed by atoms with E-state index in [1.54, 1.807) is 34.1 Å². The molecule has 0 saturated carbocycles. The average Bonchev–Trinajstić information content (AvgIpc) is 3.31. The molecule has 0 aromatic heterocycles. The van der Waals surface area contributed by atoms with Crippen molar-refractivity contribution in [2.24, 2.45) is 5.92 Å². The van der Waals surface area contributed by atoms with Crippen LogP contribution in [0.3, 0.4) is 0 Å². The SMILES string of the molecule is CC(Oc1ccccc1C#N)C1CN(C(=O)N2CCN(S(C)(=O)=O)CC2)CC1c1ccc(Cl)c(Cl)c1. The molecular formula is C25H28Cl2N4O4S. The van der Waals surface area contributed by atoms with Gasteiger partial charge in [0.2, 0.25) is 10.0 Å². The molecule has 2 aliphatic heterocycles. The van der Waals surface area contributed by atoms with E-state index in [1.807, 2.05) is 25.1 Å². The van der Waals surface area contributed by atoms with Gasteiger partial charge < -0.3 is 14.5 Å². The molecule has 2 amide bonds. The fourth-order valence-corrected chi connectivity index (χ4v) is 6.05. The quantitative estimate of drug-likeness (QED) is 0.559. The third kappa shape index (κ3) is 5.73. The number of benzene rings is 2. The smallest absolute Gasteiger partial charge is 0.320 e. The van der Waals surface area contributed by atoms with Gasteiger partial charge in [-0.2, -0.15) is 9.57 Å². The van der Waals surface area contributed by atoms with Crippen molar-refractivity contribution in [1.82, 2.24) is 14.1 Å². The number of nitrogens with zero attached hydrogens (tertiary/aromatic N) is 4. The van der Waals surface area contributed by atoms with Crippen LogP contribution in [0.15, 0.2) is 42.5 Å². The van der Waals surface area contributed by atoms with E-state index in [9.17, 15) is 18.5 Å². The van der Waals surface area contributed by atoms with Crippen molar-refractivity contribution in [3.8, 4) is 11.8 Å². The van der Waals surface area contributed by atoms with Gasteiger partial charge in [-0.25, -0.2) is 13.2 Å². The van der Waals surface area contributed by atoms with Crippen LogP contribution in [0.2, 0.25) is 10.0 Å². The van der Waals surface area contributed by atoms with Crippen molar-refractivity contribution in [3.63, 3.8) is 0 Å². The van der Waals surface area contributed by atoms with Crippen molar-refractivity contribution < 1.29 is 17.9 Å². The molecule has 11 heteroatoms. The minimum atomic E-state index is -3.28. The first kappa shape index (κ1) is 26.6. The summed E-state index contributed by atoms with van der Waals surface area (Å²) in [7, 11) is -3.28. The average molecular weight is 551 g/mol. The molecule has 2 aromatic carbocycles. The molecule has 192 valence electrons. The van der Waals surface area contributed by atoms with Crippen molar-refractivity contribution in [2.45, 2.75) is 18.9 Å². The van der Waals surface area contributed by atoms with Gasteiger partial charge in [0.05, 0.1) is 21.9 Å². The van der Waals surface area contributed by atoms with E-state index in [0.29, 0.717) is 47.5 Å². The summed E-state index contributed by atoms with van der Waals surface area (Å²) in [4.78, 5) is 16.9. The molecule has 0 aliphatic carbocycles. The number of hydrogen-bond donors (Lipinski definition) is 0. The second kappa shape index (κ2) is 10.9. The summed E-state index contributed by atoms with van der Waals surface area (Å²) in [5.41, 5.74) is 1.40. The number of ether oxygens (including phenoxy) is 1. The molecule has 2 aliphatic rings. The number of carbonyl (C=O) groups excluding carboxylic acids is 1. The lowest BCUT2D eigenvalue weighted by molar-refractivity contribution is 0.128. The van der Waals surface area contributed by atoms with Crippen LogP contribution in [0, 0.1) is 17.2 Å². The van der Waals surface area contributed by atoms with Gasteiger partial charge in [-0.15, -0.1) is 0 Å². The van der Waals surface area contributed by atoms with Gasteiger partial charge in [0.15, 0.2) is 0 Å². The number of likely N-dealkylation sites (tertiary alicyclic amines) is 1. The van der Waals surface area contributed by atoms with Crippen LogP contribution in [0.5, 0.6) is 5.75 Å². The number of urea groups is 1. The lowest BCUT2D eigenvalue weighted by Crippen LogP contribution is -2.53. The van der Waals surface area contributed by atoms with Crippen LogP contribution in [-0.4, -0.2) is 80.2 Å². The maximum absolute atomic E-state index is 13.4. The van der Waals surface area contributed by atoms with Crippen LogP contribution >= 0.6 is 23.2 Å².